The van der Waals surface area contributed by atoms with E-state index in [1.54, 1.807) is 0 Å². The van der Waals surface area contributed by atoms with E-state index in [-0.39, 0.29) is 9.87 Å². The highest BCUT2D eigenvalue weighted by Crippen LogP contribution is 2.38. The van der Waals surface area contributed by atoms with E-state index >= 15 is 0 Å². The molecule has 2 aromatic rings. The van der Waals surface area contributed by atoms with Crippen LogP contribution >= 0.6 is 0 Å². The molecule has 0 aromatic heterocycles. The van der Waals surface area contributed by atoms with Gasteiger partial charge < -0.3 is 0 Å². The summed E-state index contributed by atoms with van der Waals surface area (Å²) in [7, 11) is -6.15. The minimum Gasteiger partial charge on any atom is -0.230 e. The molecule has 0 unspecified atom stereocenters. The number of anilines is 1. The molecule has 2 aromatic carbocycles. The Morgan fingerprint density at radius 1 is 0.808 bits per heavy atom. The number of rotatable bonds is 4. The van der Waals surface area contributed by atoms with Crippen LogP contribution in [0.1, 0.15) is 5.56 Å². The fraction of sp³-hybridized carbons (Fsp3) is 0.125. The lowest BCUT2D eigenvalue weighted by atomic mass is 10.1. The highest BCUT2D eigenvalue weighted by molar-refractivity contribution is 7.94. The predicted octanol–water partition coefficient (Wildman–Crippen LogP) is 4.95. The van der Waals surface area contributed by atoms with Crippen molar-refractivity contribution in [2.75, 3.05) is 4.31 Å². The minimum absolute atomic E-state index is 0.346. The van der Waals surface area contributed by atoms with Crippen molar-refractivity contribution in [2.24, 2.45) is 0 Å². The molecule has 26 heavy (non-hydrogen) atoms. The van der Waals surface area contributed by atoms with Crippen molar-refractivity contribution >= 4 is 21.4 Å². The second-order valence-corrected chi connectivity index (χ2v) is 6.77. The van der Waals surface area contributed by atoms with E-state index in [9.17, 15) is 34.8 Å². The molecule has 0 atom stereocenters. The number of halogens is 6. The molecular formula is C16H11F6NO2S. The van der Waals surface area contributed by atoms with Gasteiger partial charge in [-0.25, -0.2) is 4.31 Å². The van der Waals surface area contributed by atoms with Gasteiger partial charge in [0.15, 0.2) is 0 Å². The number of alkyl halides is 6. The first-order valence-corrected chi connectivity index (χ1v) is 8.39. The topological polar surface area (TPSA) is 37.4 Å². The van der Waals surface area contributed by atoms with Gasteiger partial charge in [-0.1, -0.05) is 48.5 Å². The Balaban J connectivity index is 2.82. The first-order valence-electron chi connectivity index (χ1n) is 6.95. The van der Waals surface area contributed by atoms with Gasteiger partial charge in [-0.3, -0.25) is 0 Å². The monoisotopic (exact) mass is 395 g/mol. The zero-order valence-corrected chi connectivity index (χ0v) is 13.6. The smallest absolute Gasteiger partial charge is 0.230 e. The van der Waals surface area contributed by atoms with Crippen LogP contribution in [-0.2, 0) is 10.0 Å². The number of para-hydroxylation sites is 1. The maximum absolute atomic E-state index is 13.1. The Morgan fingerprint density at radius 2 is 1.27 bits per heavy atom. The van der Waals surface area contributed by atoms with Gasteiger partial charge in [-0.05, 0) is 17.7 Å². The van der Waals surface area contributed by atoms with Crippen molar-refractivity contribution in [3.05, 3.63) is 72.3 Å². The number of nitrogens with zero attached hydrogens (tertiary/aromatic N) is 1. The van der Waals surface area contributed by atoms with E-state index in [1.807, 2.05) is 0 Å². The van der Waals surface area contributed by atoms with Gasteiger partial charge in [0.2, 0.25) is 0 Å². The van der Waals surface area contributed by atoms with Gasteiger partial charge in [-0.15, -0.1) is 0 Å². The lowest BCUT2D eigenvalue weighted by Gasteiger charge is -2.28. The Labute approximate surface area is 145 Å². The molecule has 0 fully saturated rings. The first kappa shape index (κ1) is 19.8. The van der Waals surface area contributed by atoms with Crippen molar-refractivity contribution in [1.29, 1.82) is 0 Å². The molecule has 0 spiro atoms. The molecule has 2 rings (SSSR count). The van der Waals surface area contributed by atoms with Crippen molar-refractivity contribution in [2.45, 2.75) is 11.7 Å². The van der Waals surface area contributed by atoms with Gasteiger partial charge >= 0.3 is 21.7 Å². The largest absolute Gasteiger partial charge is 0.517 e. The minimum atomic E-state index is -6.15. The molecule has 3 nitrogen and oxygen atoms in total. The lowest BCUT2D eigenvalue weighted by molar-refractivity contribution is -0.0795. The lowest BCUT2D eigenvalue weighted by Crippen LogP contribution is -2.40. The fourth-order valence-corrected chi connectivity index (χ4v) is 3.12. The highest BCUT2D eigenvalue weighted by Gasteiger charge is 2.52. The molecule has 0 aliphatic heterocycles. The van der Waals surface area contributed by atoms with Crippen LogP contribution in [0.5, 0.6) is 0 Å². The molecule has 0 aliphatic carbocycles. The summed E-state index contributed by atoms with van der Waals surface area (Å²) >= 11 is 0. The van der Waals surface area contributed by atoms with Crippen molar-refractivity contribution in [1.82, 2.24) is 0 Å². The number of hydrogen-bond donors (Lipinski definition) is 0. The van der Waals surface area contributed by atoms with Crippen LogP contribution in [0.15, 0.2) is 66.7 Å². The van der Waals surface area contributed by atoms with E-state index in [2.05, 4.69) is 0 Å². The summed E-state index contributed by atoms with van der Waals surface area (Å²) in [4.78, 5) is 0. The Hall–Kier alpha value is -2.49. The number of hydrogen-bond acceptors (Lipinski definition) is 2. The van der Waals surface area contributed by atoms with Crippen LogP contribution in [0.2, 0.25) is 0 Å². The van der Waals surface area contributed by atoms with Crippen LogP contribution in [0.3, 0.4) is 0 Å². The molecule has 0 bridgehead atoms. The summed E-state index contributed by atoms with van der Waals surface area (Å²) in [6.07, 6.45) is -5.53. The van der Waals surface area contributed by atoms with Gasteiger partial charge in [0.1, 0.15) is 0 Å². The third kappa shape index (κ3) is 4.37. The molecule has 0 saturated heterocycles. The van der Waals surface area contributed by atoms with Crippen molar-refractivity contribution < 1.29 is 34.8 Å². The molecule has 0 N–H and O–H groups in total. The Bertz CT molecular complexity index is 874. The fourth-order valence-electron chi connectivity index (χ4n) is 2.10. The Morgan fingerprint density at radius 3 is 1.69 bits per heavy atom. The maximum atomic E-state index is 13.1. The van der Waals surface area contributed by atoms with Crippen LogP contribution < -0.4 is 4.31 Å². The second kappa shape index (κ2) is 7.02. The Kier molecular flexibility index (Phi) is 5.36. The van der Waals surface area contributed by atoms with E-state index < -0.39 is 39.2 Å². The second-order valence-electron chi connectivity index (χ2n) is 4.99. The summed E-state index contributed by atoms with van der Waals surface area (Å²) in [6, 6.07) is 11.9. The number of sulfonamides is 1. The molecule has 0 radical (unpaired) electrons. The van der Waals surface area contributed by atoms with Gasteiger partial charge in [0.25, 0.3) is 0 Å². The van der Waals surface area contributed by atoms with Gasteiger partial charge in [0, 0.05) is 6.08 Å². The number of allylic oxidation sites excluding steroid dienone is 1. The average molecular weight is 395 g/mol. The molecule has 0 amide bonds. The van der Waals surface area contributed by atoms with Crippen LogP contribution in [-0.4, -0.2) is 20.1 Å². The SMILES string of the molecule is O=S(=O)(N(/C(=C/C(F)(F)F)c1ccccc1)c1ccccc1)C(F)(F)F. The van der Waals surface area contributed by atoms with Crippen molar-refractivity contribution in [3.63, 3.8) is 0 Å². The summed E-state index contributed by atoms with van der Waals surface area (Å²) in [6.45, 7) is 0. The summed E-state index contributed by atoms with van der Waals surface area (Å²) in [5.74, 6) is 0. The standard InChI is InChI=1S/C16H11F6NO2S/c17-15(18,19)11-14(12-7-3-1-4-8-12)23(13-9-5-2-6-10-13)26(24,25)16(20,21)22/h1-11H/b14-11+. The normalized spacial score (nSPS) is 13.5. The van der Waals surface area contributed by atoms with Crippen LogP contribution in [0, 0.1) is 0 Å². The molecule has 0 saturated carbocycles. The third-order valence-corrected chi connectivity index (χ3v) is 4.59. The molecule has 10 heteroatoms. The zero-order chi connectivity index (χ0) is 19.6. The maximum Gasteiger partial charge on any atom is 0.517 e. The molecule has 0 aliphatic rings. The van der Waals surface area contributed by atoms with E-state index in [0.29, 0.717) is 0 Å². The molecule has 0 heterocycles. The van der Waals surface area contributed by atoms with E-state index in [0.717, 1.165) is 24.3 Å². The average Bonchev–Trinajstić information content (AvgIpc) is 2.53. The van der Waals surface area contributed by atoms with Crippen molar-refractivity contribution in [3.8, 4) is 0 Å². The van der Waals surface area contributed by atoms with Crippen LogP contribution in [0.25, 0.3) is 5.70 Å². The quantitative estimate of drug-likeness (QED) is 0.688. The van der Waals surface area contributed by atoms with E-state index in [4.69, 9.17) is 0 Å². The predicted molar refractivity (Wildman–Crippen MR) is 84.4 cm³/mol. The highest BCUT2D eigenvalue weighted by atomic mass is 32.2. The summed E-state index contributed by atoms with van der Waals surface area (Å²) in [5, 5.41) is 0. The first-order chi connectivity index (χ1) is 11.9. The van der Waals surface area contributed by atoms with E-state index in [1.165, 1.54) is 36.4 Å². The van der Waals surface area contributed by atoms with Gasteiger partial charge in [-0.2, -0.15) is 34.8 Å². The van der Waals surface area contributed by atoms with Gasteiger partial charge in [0.05, 0.1) is 11.4 Å². The molecule has 140 valence electrons. The summed E-state index contributed by atoms with van der Waals surface area (Å²) < 4.78 is 102. The summed E-state index contributed by atoms with van der Waals surface area (Å²) in [5.41, 5.74) is -7.89. The third-order valence-electron chi connectivity index (χ3n) is 3.11. The zero-order valence-electron chi connectivity index (χ0n) is 12.8. The van der Waals surface area contributed by atoms with Crippen LogP contribution in [0.4, 0.5) is 32.0 Å². The number of benzene rings is 2. The molecular weight excluding hydrogens is 384 g/mol.